The number of epoxide rings is 1. The molecular formula is C13H18O6. The zero-order chi connectivity index (χ0) is 14.0. The lowest BCUT2D eigenvalue weighted by molar-refractivity contribution is -0.189. The monoisotopic (exact) mass is 270 g/mol. The van der Waals surface area contributed by atoms with E-state index < -0.39 is 36.1 Å². The Morgan fingerprint density at radius 2 is 1.89 bits per heavy atom. The van der Waals surface area contributed by atoms with Crippen LogP contribution < -0.4 is 0 Å². The average molecular weight is 270 g/mol. The standard InChI is InChI=1S/C13H18O6/c1-12(2)8(16)3-13-10(18-12)7(5-15)6(4-14)9(17)11(13)19-13/h8,10-11,14-16H,3-5H2,1-2H3/t8-,10-,11-,13+/m0/s1. The third-order valence-electron chi connectivity index (χ3n) is 4.47. The first-order chi connectivity index (χ1) is 8.87. The van der Waals surface area contributed by atoms with Crippen molar-refractivity contribution in [1.29, 1.82) is 0 Å². The van der Waals surface area contributed by atoms with Gasteiger partial charge in [0.1, 0.15) is 11.7 Å². The molecule has 0 radical (unpaired) electrons. The first-order valence-corrected chi connectivity index (χ1v) is 6.39. The van der Waals surface area contributed by atoms with E-state index in [-0.39, 0.29) is 18.0 Å². The van der Waals surface area contributed by atoms with E-state index in [0.29, 0.717) is 12.0 Å². The Morgan fingerprint density at radius 1 is 1.21 bits per heavy atom. The van der Waals surface area contributed by atoms with Crippen LogP contribution in [0.25, 0.3) is 0 Å². The highest BCUT2D eigenvalue weighted by molar-refractivity contribution is 6.04. The molecule has 4 atom stereocenters. The Hall–Kier alpha value is -0.790. The van der Waals surface area contributed by atoms with E-state index in [4.69, 9.17) is 9.47 Å². The molecule has 2 heterocycles. The normalized spacial score (nSPS) is 43.8. The second-order valence-corrected chi connectivity index (χ2v) is 5.96. The number of aliphatic hydroxyl groups is 3. The van der Waals surface area contributed by atoms with Gasteiger partial charge < -0.3 is 24.8 Å². The Balaban J connectivity index is 2.06. The molecule has 0 aromatic heterocycles. The van der Waals surface area contributed by atoms with Crippen LogP contribution in [0.15, 0.2) is 11.1 Å². The first-order valence-electron chi connectivity index (χ1n) is 6.39. The van der Waals surface area contributed by atoms with E-state index in [0.717, 1.165) is 0 Å². The summed E-state index contributed by atoms with van der Waals surface area (Å²) in [5.74, 6) is -0.307. The quantitative estimate of drug-likeness (QED) is 0.552. The molecule has 2 fully saturated rings. The number of Topliss-reactive ketones (excluding diaryl/α,β-unsaturated/α-hetero) is 1. The zero-order valence-electron chi connectivity index (χ0n) is 10.9. The third kappa shape index (κ3) is 1.58. The molecule has 0 bridgehead atoms. The van der Waals surface area contributed by atoms with Crippen molar-refractivity contribution in [2.45, 2.75) is 49.8 Å². The number of hydrogen-bond donors (Lipinski definition) is 3. The summed E-state index contributed by atoms with van der Waals surface area (Å²) in [5, 5.41) is 28.9. The van der Waals surface area contributed by atoms with Crippen LogP contribution in [0.5, 0.6) is 0 Å². The molecule has 2 aliphatic heterocycles. The van der Waals surface area contributed by atoms with Crippen molar-refractivity contribution in [3.63, 3.8) is 0 Å². The SMILES string of the molecule is CC1(C)O[C@H]2C(CO)=C(CO)C(=O)[C@@H]3O[C@@]32C[C@@H]1O. The van der Waals surface area contributed by atoms with Crippen molar-refractivity contribution in [3.05, 3.63) is 11.1 Å². The largest absolute Gasteiger partial charge is 0.392 e. The molecular weight excluding hydrogens is 252 g/mol. The summed E-state index contributed by atoms with van der Waals surface area (Å²) in [7, 11) is 0. The summed E-state index contributed by atoms with van der Waals surface area (Å²) < 4.78 is 11.4. The first kappa shape index (κ1) is 13.2. The van der Waals surface area contributed by atoms with E-state index >= 15 is 0 Å². The van der Waals surface area contributed by atoms with E-state index in [1.54, 1.807) is 13.8 Å². The minimum absolute atomic E-state index is 0.179. The number of ketones is 1. The molecule has 0 saturated carbocycles. The van der Waals surface area contributed by atoms with Gasteiger partial charge in [-0.2, -0.15) is 0 Å². The summed E-state index contributed by atoms with van der Waals surface area (Å²) >= 11 is 0. The highest BCUT2D eigenvalue weighted by Crippen LogP contribution is 2.56. The van der Waals surface area contributed by atoms with Crippen LogP contribution in [-0.4, -0.2) is 63.8 Å². The van der Waals surface area contributed by atoms with Gasteiger partial charge in [-0.1, -0.05) is 0 Å². The lowest BCUT2D eigenvalue weighted by atomic mass is 9.73. The number of carbonyl (C=O) groups is 1. The number of rotatable bonds is 2. The van der Waals surface area contributed by atoms with Crippen LogP contribution in [0.1, 0.15) is 20.3 Å². The van der Waals surface area contributed by atoms with Gasteiger partial charge in [-0.25, -0.2) is 0 Å². The average Bonchev–Trinajstić information content (AvgIpc) is 3.06. The predicted molar refractivity (Wildman–Crippen MR) is 63.4 cm³/mol. The number of carbonyl (C=O) groups excluding carboxylic acids is 1. The Morgan fingerprint density at radius 3 is 2.47 bits per heavy atom. The molecule has 1 spiro atoms. The molecule has 3 N–H and O–H groups in total. The maximum Gasteiger partial charge on any atom is 0.193 e. The highest BCUT2D eigenvalue weighted by atomic mass is 16.7. The second-order valence-electron chi connectivity index (χ2n) is 5.96. The summed E-state index contributed by atoms with van der Waals surface area (Å²) in [4.78, 5) is 12.1. The van der Waals surface area contributed by atoms with Crippen molar-refractivity contribution in [2.24, 2.45) is 0 Å². The van der Waals surface area contributed by atoms with E-state index in [2.05, 4.69) is 0 Å². The molecule has 6 heteroatoms. The third-order valence-corrected chi connectivity index (χ3v) is 4.47. The number of ether oxygens (including phenoxy) is 2. The molecule has 0 aromatic carbocycles. The second kappa shape index (κ2) is 3.86. The molecule has 6 nitrogen and oxygen atoms in total. The highest BCUT2D eigenvalue weighted by Gasteiger charge is 2.73. The topological polar surface area (TPSA) is 99.5 Å². The Bertz CT molecular complexity index is 468. The van der Waals surface area contributed by atoms with Crippen molar-refractivity contribution in [2.75, 3.05) is 13.2 Å². The fourth-order valence-electron chi connectivity index (χ4n) is 3.15. The van der Waals surface area contributed by atoms with Crippen molar-refractivity contribution >= 4 is 5.78 Å². The maximum atomic E-state index is 12.1. The van der Waals surface area contributed by atoms with Crippen molar-refractivity contribution in [1.82, 2.24) is 0 Å². The van der Waals surface area contributed by atoms with Crippen LogP contribution in [-0.2, 0) is 14.3 Å². The van der Waals surface area contributed by atoms with Crippen LogP contribution in [0.2, 0.25) is 0 Å². The zero-order valence-corrected chi connectivity index (χ0v) is 10.9. The van der Waals surface area contributed by atoms with Gasteiger partial charge in [-0.05, 0) is 19.4 Å². The molecule has 106 valence electrons. The fraction of sp³-hybridized carbons (Fsp3) is 0.769. The summed E-state index contributed by atoms with van der Waals surface area (Å²) in [5.41, 5.74) is -1.09. The van der Waals surface area contributed by atoms with Gasteiger partial charge in [-0.15, -0.1) is 0 Å². The van der Waals surface area contributed by atoms with Gasteiger partial charge in [0.25, 0.3) is 0 Å². The smallest absolute Gasteiger partial charge is 0.193 e. The van der Waals surface area contributed by atoms with Crippen molar-refractivity contribution in [3.8, 4) is 0 Å². The summed E-state index contributed by atoms with van der Waals surface area (Å²) in [6.07, 6.45) is -1.69. The van der Waals surface area contributed by atoms with Gasteiger partial charge in [-0.3, -0.25) is 4.79 Å². The fourth-order valence-corrected chi connectivity index (χ4v) is 3.15. The molecule has 19 heavy (non-hydrogen) atoms. The summed E-state index contributed by atoms with van der Waals surface area (Å²) in [6, 6.07) is 0. The van der Waals surface area contributed by atoms with E-state index in [9.17, 15) is 20.1 Å². The minimum Gasteiger partial charge on any atom is -0.392 e. The van der Waals surface area contributed by atoms with Gasteiger partial charge in [0.05, 0.1) is 24.9 Å². The number of aliphatic hydroxyl groups excluding tert-OH is 3. The number of hydrogen-bond acceptors (Lipinski definition) is 6. The van der Waals surface area contributed by atoms with Gasteiger partial charge in [0.2, 0.25) is 0 Å². The molecule has 2 saturated heterocycles. The van der Waals surface area contributed by atoms with E-state index in [1.165, 1.54) is 0 Å². The van der Waals surface area contributed by atoms with Crippen LogP contribution in [0.3, 0.4) is 0 Å². The lowest BCUT2D eigenvalue weighted by Gasteiger charge is -2.45. The van der Waals surface area contributed by atoms with Crippen LogP contribution in [0.4, 0.5) is 0 Å². The molecule has 0 aromatic rings. The van der Waals surface area contributed by atoms with Crippen LogP contribution >= 0.6 is 0 Å². The van der Waals surface area contributed by atoms with Gasteiger partial charge >= 0.3 is 0 Å². The van der Waals surface area contributed by atoms with Crippen LogP contribution in [0, 0.1) is 0 Å². The molecule has 1 aliphatic carbocycles. The van der Waals surface area contributed by atoms with Gasteiger partial charge in [0.15, 0.2) is 11.9 Å². The predicted octanol–water partition coefficient (Wildman–Crippen LogP) is -1.08. The van der Waals surface area contributed by atoms with Gasteiger partial charge in [0, 0.05) is 12.0 Å². The molecule has 3 aliphatic rings. The lowest BCUT2D eigenvalue weighted by Crippen LogP contribution is -2.58. The van der Waals surface area contributed by atoms with E-state index in [1.807, 2.05) is 0 Å². The molecule has 0 amide bonds. The minimum atomic E-state index is -0.858. The summed E-state index contributed by atoms with van der Waals surface area (Å²) in [6.45, 7) is 2.71. The molecule has 3 rings (SSSR count). The maximum absolute atomic E-state index is 12.1. The Labute approximate surface area is 110 Å². The Kier molecular flexibility index (Phi) is 2.69. The molecule has 0 unspecified atom stereocenters. The van der Waals surface area contributed by atoms with Crippen molar-refractivity contribution < 1.29 is 29.6 Å².